The predicted octanol–water partition coefficient (Wildman–Crippen LogP) is 2.45. The number of rotatable bonds is 1. The van der Waals surface area contributed by atoms with E-state index in [9.17, 15) is 0 Å². The van der Waals surface area contributed by atoms with E-state index < -0.39 is 0 Å². The van der Waals surface area contributed by atoms with Crippen LogP contribution in [-0.2, 0) is 0 Å². The smallest absolute Gasteiger partial charge is 0.163 e. The molecule has 2 heterocycles. The number of nitrogens with one attached hydrogen (secondary N) is 1. The van der Waals surface area contributed by atoms with Crippen LogP contribution in [0.25, 0.3) is 0 Å². The molecule has 0 saturated heterocycles. The summed E-state index contributed by atoms with van der Waals surface area (Å²) in [5.74, 6) is 2.73. The summed E-state index contributed by atoms with van der Waals surface area (Å²) >= 11 is 0. The van der Waals surface area contributed by atoms with E-state index in [1.807, 2.05) is 18.2 Å². The van der Waals surface area contributed by atoms with Gasteiger partial charge in [0, 0.05) is 31.1 Å². The predicted molar refractivity (Wildman–Crippen MR) is 67.2 cm³/mol. The lowest BCUT2D eigenvalue weighted by Crippen LogP contribution is -2.08. The van der Waals surface area contributed by atoms with Crippen LogP contribution in [0.1, 0.15) is 19.3 Å². The largest absolute Gasteiger partial charge is 0.490 e. The van der Waals surface area contributed by atoms with Crippen molar-refractivity contribution in [2.24, 2.45) is 4.99 Å². The van der Waals surface area contributed by atoms with E-state index in [0.29, 0.717) is 0 Å². The Labute approximate surface area is 101 Å². The van der Waals surface area contributed by atoms with Gasteiger partial charge in [0.15, 0.2) is 11.5 Å². The molecule has 2 aliphatic rings. The molecule has 2 aliphatic heterocycles. The molecule has 0 radical (unpaired) electrons. The lowest BCUT2D eigenvalue weighted by molar-refractivity contribution is 0.297. The highest BCUT2D eigenvalue weighted by atomic mass is 16.5. The molecule has 0 atom stereocenters. The van der Waals surface area contributed by atoms with Crippen molar-refractivity contribution in [3.05, 3.63) is 18.2 Å². The fourth-order valence-corrected chi connectivity index (χ4v) is 2.05. The highest BCUT2D eigenvalue weighted by molar-refractivity contribution is 5.96. The summed E-state index contributed by atoms with van der Waals surface area (Å²) < 4.78 is 11.2. The fraction of sp³-hybridized carbons (Fsp3) is 0.462. The molecular formula is C13H16N2O2. The van der Waals surface area contributed by atoms with Gasteiger partial charge in [-0.25, -0.2) is 0 Å². The van der Waals surface area contributed by atoms with Crippen LogP contribution in [0.5, 0.6) is 11.5 Å². The maximum atomic E-state index is 5.65. The third-order valence-electron chi connectivity index (χ3n) is 2.91. The molecule has 0 fully saturated rings. The van der Waals surface area contributed by atoms with Gasteiger partial charge in [0.25, 0.3) is 0 Å². The minimum absolute atomic E-state index is 0.720. The molecule has 1 N–H and O–H groups in total. The highest BCUT2D eigenvalue weighted by Gasteiger charge is 2.12. The Hall–Kier alpha value is -1.71. The van der Waals surface area contributed by atoms with Crippen molar-refractivity contribution in [2.75, 3.05) is 25.1 Å². The molecule has 0 saturated carbocycles. The van der Waals surface area contributed by atoms with Crippen molar-refractivity contribution in [3.8, 4) is 11.5 Å². The Morgan fingerprint density at radius 3 is 2.76 bits per heavy atom. The van der Waals surface area contributed by atoms with E-state index >= 15 is 0 Å². The molecule has 0 bridgehead atoms. The second kappa shape index (κ2) is 4.65. The zero-order chi connectivity index (χ0) is 11.5. The molecule has 0 spiro atoms. The van der Waals surface area contributed by atoms with E-state index in [0.717, 1.165) is 62.0 Å². The maximum absolute atomic E-state index is 5.65. The van der Waals surface area contributed by atoms with Crippen molar-refractivity contribution in [1.29, 1.82) is 0 Å². The van der Waals surface area contributed by atoms with Crippen LogP contribution < -0.4 is 14.8 Å². The number of nitrogens with zero attached hydrogens (tertiary/aromatic N) is 1. The number of anilines is 1. The van der Waals surface area contributed by atoms with Gasteiger partial charge in [0.1, 0.15) is 5.84 Å². The summed E-state index contributed by atoms with van der Waals surface area (Å²) in [6, 6.07) is 5.95. The van der Waals surface area contributed by atoms with Crippen molar-refractivity contribution < 1.29 is 9.47 Å². The molecular weight excluding hydrogens is 216 g/mol. The van der Waals surface area contributed by atoms with Gasteiger partial charge >= 0.3 is 0 Å². The Kier molecular flexibility index (Phi) is 2.86. The lowest BCUT2D eigenvalue weighted by atomic mass is 10.2. The van der Waals surface area contributed by atoms with Crippen molar-refractivity contribution in [3.63, 3.8) is 0 Å². The first kappa shape index (κ1) is 10.4. The van der Waals surface area contributed by atoms with Gasteiger partial charge in [-0.2, -0.15) is 0 Å². The van der Waals surface area contributed by atoms with Crippen molar-refractivity contribution in [1.82, 2.24) is 0 Å². The number of fused-ring (bicyclic) bond motifs is 1. The number of hydrogen-bond acceptors (Lipinski definition) is 4. The summed E-state index contributed by atoms with van der Waals surface area (Å²) in [5, 5.41) is 3.33. The summed E-state index contributed by atoms with van der Waals surface area (Å²) in [6.07, 6.45) is 3.12. The van der Waals surface area contributed by atoms with Crippen LogP contribution in [0, 0.1) is 0 Å². The number of aliphatic imine (C=N–C) groups is 1. The topological polar surface area (TPSA) is 42.9 Å². The molecule has 0 aliphatic carbocycles. The summed E-state index contributed by atoms with van der Waals surface area (Å²) in [6.45, 7) is 2.39. The fourth-order valence-electron chi connectivity index (χ4n) is 2.05. The lowest BCUT2D eigenvalue weighted by Gasteiger charge is -2.10. The minimum Gasteiger partial charge on any atom is -0.490 e. The molecule has 4 nitrogen and oxygen atoms in total. The van der Waals surface area contributed by atoms with Gasteiger partial charge in [-0.1, -0.05) is 0 Å². The average Bonchev–Trinajstić information content (AvgIpc) is 2.73. The first-order chi connectivity index (χ1) is 8.42. The summed E-state index contributed by atoms with van der Waals surface area (Å²) in [5.41, 5.74) is 1.02. The van der Waals surface area contributed by atoms with E-state index in [1.54, 1.807) is 0 Å². The van der Waals surface area contributed by atoms with E-state index in [-0.39, 0.29) is 0 Å². The van der Waals surface area contributed by atoms with Crippen LogP contribution in [-0.4, -0.2) is 25.6 Å². The second-order valence-electron chi connectivity index (χ2n) is 4.27. The molecule has 4 heteroatoms. The van der Waals surface area contributed by atoms with E-state index in [1.165, 1.54) is 0 Å². The Balaban J connectivity index is 1.79. The molecule has 17 heavy (non-hydrogen) atoms. The number of benzene rings is 1. The van der Waals surface area contributed by atoms with Gasteiger partial charge < -0.3 is 14.8 Å². The molecule has 1 aromatic rings. The van der Waals surface area contributed by atoms with Crippen LogP contribution >= 0.6 is 0 Å². The normalized spacial score (nSPS) is 18.5. The monoisotopic (exact) mass is 232 g/mol. The van der Waals surface area contributed by atoms with Gasteiger partial charge in [0.2, 0.25) is 0 Å². The number of ether oxygens (including phenoxy) is 2. The molecule has 0 unspecified atom stereocenters. The van der Waals surface area contributed by atoms with Gasteiger partial charge in [-0.15, -0.1) is 0 Å². The molecule has 3 rings (SSSR count). The zero-order valence-electron chi connectivity index (χ0n) is 9.74. The third-order valence-corrected chi connectivity index (χ3v) is 2.91. The number of amidine groups is 1. The summed E-state index contributed by atoms with van der Waals surface area (Å²) in [4.78, 5) is 4.40. The molecule has 0 aromatic heterocycles. The zero-order valence-corrected chi connectivity index (χ0v) is 9.74. The molecule has 1 aromatic carbocycles. The first-order valence-corrected chi connectivity index (χ1v) is 6.12. The van der Waals surface area contributed by atoms with Crippen molar-refractivity contribution >= 4 is 11.5 Å². The minimum atomic E-state index is 0.720. The first-order valence-electron chi connectivity index (χ1n) is 6.12. The van der Waals surface area contributed by atoms with Crippen molar-refractivity contribution in [2.45, 2.75) is 19.3 Å². The van der Waals surface area contributed by atoms with Gasteiger partial charge in [-0.3, -0.25) is 4.99 Å². The van der Waals surface area contributed by atoms with Gasteiger partial charge in [0.05, 0.1) is 13.2 Å². The van der Waals surface area contributed by atoms with Crippen LogP contribution in [0.4, 0.5) is 5.69 Å². The average molecular weight is 232 g/mol. The Morgan fingerprint density at radius 1 is 1.06 bits per heavy atom. The second-order valence-corrected chi connectivity index (χ2v) is 4.27. The maximum Gasteiger partial charge on any atom is 0.163 e. The van der Waals surface area contributed by atoms with Crippen LogP contribution in [0.15, 0.2) is 23.2 Å². The van der Waals surface area contributed by atoms with E-state index in [2.05, 4.69) is 10.3 Å². The molecule has 0 amide bonds. The number of hydrogen-bond donors (Lipinski definition) is 1. The highest BCUT2D eigenvalue weighted by Crippen LogP contribution is 2.32. The molecule has 90 valence electrons. The summed E-state index contributed by atoms with van der Waals surface area (Å²) in [7, 11) is 0. The Morgan fingerprint density at radius 2 is 1.94 bits per heavy atom. The Bertz CT molecular complexity index is 443. The van der Waals surface area contributed by atoms with Crippen LogP contribution in [0.2, 0.25) is 0 Å². The van der Waals surface area contributed by atoms with E-state index in [4.69, 9.17) is 9.47 Å². The standard InChI is InChI=1S/C13H16N2O2/c1-3-13(14-6-1)15-10-4-5-11-12(9-10)17-8-2-7-16-11/h4-5,9H,1-3,6-8H2,(H,14,15). The SMILES string of the molecule is c1cc2c(cc1NC1=NCCC1)OCCCO2. The third kappa shape index (κ3) is 2.35. The van der Waals surface area contributed by atoms with Gasteiger partial charge in [-0.05, 0) is 18.6 Å². The quantitative estimate of drug-likeness (QED) is 0.808. The van der Waals surface area contributed by atoms with Crippen LogP contribution in [0.3, 0.4) is 0 Å².